The Morgan fingerprint density at radius 2 is 2.26 bits per heavy atom. The first-order valence-corrected chi connectivity index (χ1v) is 6.44. The predicted molar refractivity (Wildman–Crippen MR) is 72.1 cm³/mol. The van der Waals surface area contributed by atoms with Gasteiger partial charge in [0.2, 0.25) is 0 Å². The maximum absolute atomic E-state index is 9.31. The number of nitriles is 1. The van der Waals surface area contributed by atoms with E-state index in [9.17, 15) is 10.4 Å². The molecular formula is C14H19N3O2. The summed E-state index contributed by atoms with van der Waals surface area (Å²) in [5, 5.41) is 18.6. The van der Waals surface area contributed by atoms with E-state index in [-0.39, 0.29) is 18.8 Å². The SMILES string of the molecule is Cc1cc(C)c(C#N)c(N2CC(C)OC(CO)C2)n1. The van der Waals surface area contributed by atoms with Crippen molar-refractivity contribution >= 4 is 5.82 Å². The first-order valence-electron chi connectivity index (χ1n) is 6.44. The Hall–Kier alpha value is -1.64. The number of rotatable bonds is 2. The average molecular weight is 261 g/mol. The molecule has 2 unspecified atom stereocenters. The smallest absolute Gasteiger partial charge is 0.147 e. The van der Waals surface area contributed by atoms with Crippen molar-refractivity contribution in [2.24, 2.45) is 0 Å². The molecule has 1 aliphatic rings. The summed E-state index contributed by atoms with van der Waals surface area (Å²) in [5.41, 5.74) is 2.44. The second-order valence-electron chi connectivity index (χ2n) is 5.05. The molecule has 2 rings (SSSR count). The lowest BCUT2D eigenvalue weighted by molar-refractivity contribution is -0.0423. The first-order chi connectivity index (χ1) is 9.05. The van der Waals surface area contributed by atoms with Gasteiger partial charge >= 0.3 is 0 Å². The lowest BCUT2D eigenvalue weighted by atomic mass is 10.1. The highest BCUT2D eigenvalue weighted by atomic mass is 16.5. The maximum atomic E-state index is 9.31. The molecule has 5 nitrogen and oxygen atoms in total. The van der Waals surface area contributed by atoms with E-state index in [2.05, 4.69) is 11.1 Å². The summed E-state index contributed by atoms with van der Waals surface area (Å²) in [7, 11) is 0. The van der Waals surface area contributed by atoms with Gasteiger partial charge in [0.1, 0.15) is 11.9 Å². The predicted octanol–water partition coefficient (Wildman–Crippen LogP) is 1.16. The number of ether oxygens (including phenoxy) is 1. The van der Waals surface area contributed by atoms with Gasteiger partial charge in [0.15, 0.2) is 0 Å². The fourth-order valence-corrected chi connectivity index (χ4v) is 2.50. The Morgan fingerprint density at radius 3 is 2.89 bits per heavy atom. The van der Waals surface area contributed by atoms with Gasteiger partial charge in [0.05, 0.1) is 24.4 Å². The van der Waals surface area contributed by atoms with E-state index in [1.54, 1.807) is 0 Å². The minimum absolute atomic E-state index is 0.0139. The number of anilines is 1. The van der Waals surface area contributed by atoms with Crippen LogP contribution in [-0.2, 0) is 4.74 Å². The fourth-order valence-electron chi connectivity index (χ4n) is 2.50. The molecule has 102 valence electrons. The monoisotopic (exact) mass is 261 g/mol. The van der Waals surface area contributed by atoms with E-state index in [1.807, 2.05) is 31.7 Å². The summed E-state index contributed by atoms with van der Waals surface area (Å²) >= 11 is 0. The number of aryl methyl sites for hydroxylation is 2. The van der Waals surface area contributed by atoms with E-state index in [0.29, 0.717) is 24.5 Å². The highest BCUT2D eigenvalue weighted by molar-refractivity contribution is 5.58. The van der Waals surface area contributed by atoms with Crippen LogP contribution in [0.5, 0.6) is 0 Å². The standard InChI is InChI=1S/C14H19N3O2/c1-9-4-10(2)16-14(13(9)5-15)17-6-11(3)19-12(7-17)8-18/h4,11-12,18H,6-8H2,1-3H3. The van der Waals surface area contributed by atoms with Gasteiger partial charge in [0.25, 0.3) is 0 Å². The van der Waals surface area contributed by atoms with Gasteiger partial charge < -0.3 is 14.7 Å². The van der Waals surface area contributed by atoms with Gasteiger partial charge in [0, 0.05) is 18.8 Å². The zero-order chi connectivity index (χ0) is 14.0. The maximum Gasteiger partial charge on any atom is 0.147 e. The van der Waals surface area contributed by atoms with E-state index in [4.69, 9.17) is 4.74 Å². The second-order valence-corrected chi connectivity index (χ2v) is 5.05. The van der Waals surface area contributed by atoms with Crippen LogP contribution in [0.4, 0.5) is 5.82 Å². The van der Waals surface area contributed by atoms with Crippen molar-refractivity contribution in [2.45, 2.75) is 33.0 Å². The van der Waals surface area contributed by atoms with Crippen molar-refractivity contribution in [1.82, 2.24) is 4.98 Å². The fraction of sp³-hybridized carbons (Fsp3) is 0.571. The molecule has 1 aromatic rings. The van der Waals surface area contributed by atoms with Crippen molar-refractivity contribution in [3.05, 3.63) is 22.9 Å². The summed E-state index contributed by atoms with van der Waals surface area (Å²) < 4.78 is 5.62. The Balaban J connectivity index is 2.38. The van der Waals surface area contributed by atoms with Crippen LogP contribution in [0.25, 0.3) is 0 Å². The van der Waals surface area contributed by atoms with Crippen LogP contribution in [0, 0.1) is 25.2 Å². The number of aliphatic hydroxyl groups is 1. The lowest BCUT2D eigenvalue weighted by Gasteiger charge is -2.37. The molecule has 19 heavy (non-hydrogen) atoms. The second kappa shape index (κ2) is 5.55. The number of nitrogens with zero attached hydrogens (tertiary/aromatic N) is 3. The number of pyridine rings is 1. The Bertz CT molecular complexity index is 510. The minimum Gasteiger partial charge on any atom is -0.394 e. The third-order valence-corrected chi connectivity index (χ3v) is 3.27. The zero-order valence-electron chi connectivity index (χ0n) is 11.6. The molecule has 0 spiro atoms. The zero-order valence-corrected chi connectivity index (χ0v) is 11.6. The quantitative estimate of drug-likeness (QED) is 0.865. The molecule has 1 aliphatic heterocycles. The van der Waals surface area contributed by atoms with Crippen molar-refractivity contribution < 1.29 is 9.84 Å². The van der Waals surface area contributed by atoms with Crippen LogP contribution < -0.4 is 4.90 Å². The van der Waals surface area contributed by atoms with E-state index >= 15 is 0 Å². The van der Waals surface area contributed by atoms with Crippen molar-refractivity contribution in [2.75, 3.05) is 24.6 Å². The van der Waals surface area contributed by atoms with Crippen molar-refractivity contribution in [1.29, 1.82) is 5.26 Å². The van der Waals surface area contributed by atoms with E-state index < -0.39 is 0 Å². The Morgan fingerprint density at radius 1 is 1.53 bits per heavy atom. The van der Waals surface area contributed by atoms with Gasteiger partial charge in [-0.15, -0.1) is 0 Å². The molecule has 0 amide bonds. The molecule has 0 bridgehead atoms. The van der Waals surface area contributed by atoms with Crippen LogP contribution in [0.2, 0.25) is 0 Å². The Labute approximate surface area is 113 Å². The van der Waals surface area contributed by atoms with Crippen LogP contribution >= 0.6 is 0 Å². The first kappa shape index (κ1) is 13.8. The van der Waals surface area contributed by atoms with Gasteiger partial charge in [-0.1, -0.05) is 0 Å². The summed E-state index contributed by atoms with van der Waals surface area (Å²) in [6, 6.07) is 4.14. The molecule has 0 aromatic carbocycles. The molecule has 5 heteroatoms. The molecule has 1 saturated heterocycles. The summed E-state index contributed by atoms with van der Waals surface area (Å²) in [6.45, 7) is 7.03. The van der Waals surface area contributed by atoms with Crippen LogP contribution in [0.15, 0.2) is 6.07 Å². The van der Waals surface area contributed by atoms with E-state index in [0.717, 1.165) is 11.3 Å². The van der Waals surface area contributed by atoms with Crippen LogP contribution in [0.1, 0.15) is 23.7 Å². The molecule has 0 saturated carbocycles. The topological polar surface area (TPSA) is 69.4 Å². The number of aromatic nitrogens is 1. The largest absolute Gasteiger partial charge is 0.394 e. The van der Waals surface area contributed by atoms with Gasteiger partial charge in [-0.05, 0) is 32.4 Å². The lowest BCUT2D eigenvalue weighted by Crippen LogP contribution is -2.48. The normalized spacial score (nSPS) is 23.2. The van der Waals surface area contributed by atoms with Crippen LogP contribution in [-0.4, -0.2) is 42.0 Å². The van der Waals surface area contributed by atoms with E-state index in [1.165, 1.54) is 0 Å². The third-order valence-electron chi connectivity index (χ3n) is 3.27. The van der Waals surface area contributed by atoms with Crippen LogP contribution in [0.3, 0.4) is 0 Å². The number of morpholine rings is 1. The average Bonchev–Trinajstić information content (AvgIpc) is 2.37. The number of aliphatic hydroxyl groups excluding tert-OH is 1. The summed E-state index contributed by atoms with van der Waals surface area (Å²) in [5.74, 6) is 0.702. The molecule has 1 N–H and O–H groups in total. The number of hydrogen-bond acceptors (Lipinski definition) is 5. The molecule has 1 fully saturated rings. The highest BCUT2D eigenvalue weighted by Gasteiger charge is 2.27. The molecular weight excluding hydrogens is 242 g/mol. The molecule has 0 radical (unpaired) electrons. The number of hydrogen-bond donors (Lipinski definition) is 1. The van der Waals surface area contributed by atoms with Gasteiger partial charge in [-0.3, -0.25) is 0 Å². The molecule has 1 aromatic heterocycles. The Kier molecular flexibility index (Phi) is 4.03. The summed E-state index contributed by atoms with van der Waals surface area (Å²) in [4.78, 5) is 6.53. The van der Waals surface area contributed by atoms with Crippen molar-refractivity contribution in [3.8, 4) is 6.07 Å². The van der Waals surface area contributed by atoms with Gasteiger partial charge in [-0.25, -0.2) is 4.98 Å². The highest BCUT2D eigenvalue weighted by Crippen LogP contribution is 2.25. The third kappa shape index (κ3) is 2.86. The van der Waals surface area contributed by atoms with Crippen molar-refractivity contribution in [3.63, 3.8) is 0 Å². The van der Waals surface area contributed by atoms with Gasteiger partial charge in [-0.2, -0.15) is 5.26 Å². The summed E-state index contributed by atoms with van der Waals surface area (Å²) in [6.07, 6.45) is -0.210. The minimum atomic E-state index is -0.224. The molecule has 2 heterocycles. The molecule has 2 atom stereocenters. The molecule has 0 aliphatic carbocycles.